The van der Waals surface area contributed by atoms with Gasteiger partial charge in [0, 0.05) is 12.2 Å². The van der Waals surface area contributed by atoms with E-state index in [9.17, 15) is 4.79 Å². The monoisotopic (exact) mass is 286 g/mol. The van der Waals surface area contributed by atoms with Gasteiger partial charge >= 0.3 is 5.97 Å². The third-order valence-corrected chi connectivity index (χ3v) is 5.06. The predicted octanol–water partition coefficient (Wildman–Crippen LogP) is 3.38. The number of hydrogen-bond acceptors (Lipinski definition) is 3. The molecule has 1 atom stereocenters. The third-order valence-electron chi connectivity index (χ3n) is 3.13. The van der Waals surface area contributed by atoms with Crippen molar-refractivity contribution in [1.29, 1.82) is 0 Å². The molecule has 0 aliphatic heterocycles. The van der Waals surface area contributed by atoms with Gasteiger partial charge in [-0.1, -0.05) is 45.6 Å². The van der Waals surface area contributed by atoms with E-state index in [-0.39, 0.29) is 5.97 Å². The first kappa shape index (κ1) is 18.4. The van der Waals surface area contributed by atoms with Crippen LogP contribution in [0.2, 0.25) is 5.54 Å². The topological polar surface area (TPSA) is 35.5 Å². The summed E-state index contributed by atoms with van der Waals surface area (Å²) in [5.41, 5.74) is 1.11. The highest BCUT2D eigenvalue weighted by atomic mass is 28.2. The summed E-state index contributed by atoms with van der Waals surface area (Å²) in [5, 5.41) is 0. The molecule has 0 amide bonds. The Labute approximate surface area is 120 Å². The molecule has 0 heterocycles. The number of unbranched alkanes of at least 4 members (excludes halogenated alkanes) is 3. The first-order chi connectivity index (χ1) is 9.11. The Kier molecular flexibility index (Phi) is 12.0. The Morgan fingerprint density at radius 3 is 2.53 bits per heavy atom. The molecular formula is C15H30O3Si. The van der Waals surface area contributed by atoms with Gasteiger partial charge in [-0.2, -0.15) is 0 Å². The summed E-state index contributed by atoms with van der Waals surface area (Å²) >= 11 is 0. The second-order valence-electron chi connectivity index (χ2n) is 5.08. The Morgan fingerprint density at radius 1 is 1.21 bits per heavy atom. The summed E-state index contributed by atoms with van der Waals surface area (Å²) in [6.45, 7) is 10.8. The molecule has 0 aromatic rings. The summed E-state index contributed by atoms with van der Waals surface area (Å²) in [6, 6.07) is 0. The molecule has 0 bridgehead atoms. The molecule has 0 aromatic carbocycles. The number of rotatable bonds is 12. The lowest BCUT2D eigenvalue weighted by atomic mass is 10.1. The van der Waals surface area contributed by atoms with E-state index in [0.29, 0.717) is 17.7 Å². The van der Waals surface area contributed by atoms with Crippen molar-refractivity contribution in [2.24, 2.45) is 0 Å². The molecule has 0 saturated heterocycles. The van der Waals surface area contributed by atoms with E-state index in [0.717, 1.165) is 13.0 Å². The Bertz CT molecular complexity index is 254. The number of hydrogen-bond donors (Lipinski definition) is 0. The minimum absolute atomic E-state index is 0.275. The fourth-order valence-electron chi connectivity index (χ4n) is 1.90. The lowest BCUT2D eigenvalue weighted by molar-refractivity contribution is -0.139. The molecule has 3 nitrogen and oxygen atoms in total. The molecule has 112 valence electrons. The standard InChI is InChI=1S/C15H30O3Si/c1-5-7-8-9-10-14(19-18-6-2)11-12-17-15(16)13(3)4/h14H,3,5-12,19H2,1-2,4H3. The van der Waals surface area contributed by atoms with Gasteiger partial charge in [-0.3, -0.25) is 0 Å². The fourth-order valence-corrected chi connectivity index (χ4v) is 3.25. The quantitative estimate of drug-likeness (QED) is 0.239. The molecule has 1 unspecified atom stereocenters. The molecular weight excluding hydrogens is 256 g/mol. The molecule has 0 fully saturated rings. The highest BCUT2D eigenvalue weighted by molar-refractivity contribution is 6.29. The van der Waals surface area contributed by atoms with Crippen LogP contribution in [0.1, 0.15) is 59.3 Å². The zero-order valence-electron chi connectivity index (χ0n) is 12.9. The average molecular weight is 286 g/mol. The highest BCUT2D eigenvalue weighted by Crippen LogP contribution is 2.19. The predicted molar refractivity (Wildman–Crippen MR) is 83.1 cm³/mol. The minimum Gasteiger partial charge on any atom is -0.462 e. The molecule has 0 spiro atoms. The van der Waals surface area contributed by atoms with Gasteiger partial charge in [0.05, 0.1) is 6.61 Å². The number of ether oxygens (including phenoxy) is 1. The van der Waals surface area contributed by atoms with Crippen molar-refractivity contribution in [2.75, 3.05) is 13.2 Å². The molecule has 0 aliphatic carbocycles. The van der Waals surface area contributed by atoms with Gasteiger partial charge < -0.3 is 9.16 Å². The van der Waals surface area contributed by atoms with Crippen molar-refractivity contribution in [3.05, 3.63) is 12.2 Å². The smallest absolute Gasteiger partial charge is 0.333 e. The molecule has 19 heavy (non-hydrogen) atoms. The van der Waals surface area contributed by atoms with E-state index in [1.165, 1.54) is 32.1 Å². The van der Waals surface area contributed by atoms with Crippen LogP contribution in [0.5, 0.6) is 0 Å². The second-order valence-corrected chi connectivity index (χ2v) is 6.98. The Balaban J connectivity index is 3.84. The molecule has 0 rings (SSSR count). The number of carbonyl (C=O) groups excluding carboxylic acids is 1. The molecule has 0 aliphatic rings. The summed E-state index contributed by atoms with van der Waals surface area (Å²) < 4.78 is 10.8. The molecule has 0 N–H and O–H groups in total. The van der Waals surface area contributed by atoms with Crippen LogP contribution in [0.15, 0.2) is 12.2 Å². The average Bonchev–Trinajstić information content (AvgIpc) is 2.39. The van der Waals surface area contributed by atoms with E-state index in [4.69, 9.17) is 9.16 Å². The molecule has 0 saturated carbocycles. The van der Waals surface area contributed by atoms with Gasteiger partial charge in [0.1, 0.15) is 0 Å². The molecule has 0 aromatic heterocycles. The van der Waals surface area contributed by atoms with Gasteiger partial charge in [0.25, 0.3) is 0 Å². The van der Waals surface area contributed by atoms with Gasteiger partial charge in [-0.15, -0.1) is 0 Å². The lowest BCUT2D eigenvalue weighted by Crippen LogP contribution is -2.13. The second kappa shape index (κ2) is 12.4. The van der Waals surface area contributed by atoms with E-state index in [2.05, 4.69) is 13.5 Å². The molecule has 0 radical (unpaired) electrons. The SMILES string of the molecule is C=C(C)C(=O)OCCC(CCCCCC)[SiH2]OCC. The maximum absolute atomic E-state index is 11.3. The summed E-state index contributed by atoms with van der Waals surface area (Å²) in [7, 11) is -0.487. The molecule has 4 heteroatoms. The Morgan fingerprint density at radius 2 is 1.95 bits per heavy atom. The number of esters is 1. The Hall–Kier alpha value is -0.613. The highest BCUT2D eigenvalue weighted by Gasteiger charge is 2.11. The minimum atomic E-state index is -0.487. The summed E-state index contributed by atoms with van der Waals surface area (Å²) in [4.78, 5) is 11.3. The van der Waals surface area contributed by atoms with Crippen LogP contribution in [0.25, 0.3) is 0 Å². The first-order valence-corrected chi connectivity index (χ1v) is 8.91. The van der Waals surface area contributed by atoms with Gasteiger partial charge in [-0.25, -0.2) is 4.79 Å². The van der Waals surface area contributed by atoms with Crippen molar-refractivity contribution >= 4 is 15.7 Å². The van der Waals surface area contributed by atoms with Crippen LogP contribution < -0.4 is 0 Å². The van der Waals surface area contributed by atoms with Gasteiger partial charge in [-0.05, 0) is 25.8 Å². The van der Waals surface area contributed by atoms with Crippen molar-refractivity contribution < 1.29 is 14.0 Å². The van der Waals surface area contributed by atoms with Crippen molar-refractivity contribution in [3.8, 4) is 0 Å². The van der Waals surface area contributed by atoms with E-state index < -0.39 is 9.76 Å². The van der Waals surface area contributed by atoms with Crippen LogP contribution in [-0.2, 0) is 14.0 Å². The largest absolute Gasteiger partial charge is 0.462 e. The van der Waals surface area contributed by atoms with Crippen molar-refractivity contribution in [2.45, 2.75) is 64.8 Å². The van der Waals surface area contributed by atoms with Crippen LogP contribution in [0.3, 0.4) is 0 Å². The van der Waals surface area contributed by atoms with Crippen molar-refractivity contribution in [3.63, 3.8) is 0 Å². The van der Waals surface area contributed by atoms with Crippen LogP contribution >= 0.6 is 0 Å². The normalized spacial score (nSPS) is 12.8. The van der Waals surface area contributed by atoms with Gasteiger partial charge in [0.2, 0.25) is 0 Å². The van der Waals surface area contributed by atoms with Crippen molar-refractivity contribution in [1.82, 2.24) is 0 Å². The third kappa shape index (κ3) is 11.0. The fraction of sp³-hybridized carbons (Fsp3) is 0.800. The number of carbonyl (C=O) groups is 1. The van der Waals surface area contributed by atoms with Crippen LogP contribution in [0.4, 0.5) is 0 Å². The maximum Gasteiger partial charge on any atom is 0.333 e. The first-order valence-electron chi connectivity index (χ1n) is 7.52. The van der Waals surface area contributed by atoms with E-state index >= 15 is 0 Å². The van der Waals surface area contributed by atoms with Gasteiger partial charge in [0.15, 0.2) is 9.76 Å². The zero-order valence-corrected chi connectivity index (χ0v) is 14.3. The summed E-state index contributed by atoms with van der Waals surface area (Å²) in [5.74, 6) is -0.275. The zero-order chi connectivity index (χ0) is 14.5. The maximum atomic E-state index is 11.3. The van der Waals surface area contributed by atoms with Crippen LogP contribution in [-0.4, -0.2) is 28.9 Å². The van der Waals surface area contributed by atoms with Crippen LogP contribution in [0, 0.1) is 0 Å². The summed E-state index contributed by atoms with van der Waals surface area (Å²) in [6.07, 6.45) is 7.32. The van der Waals surface area contributed by atoms with E-state index in [1.807, 2.05) is 6.92 Å². The lowest BCUT2D eigenvalue weighted by Gasteiger charge is -2.16. The van der Waals surface area contributed by atoms with E-state index in [1.54, 1.807) is 6.92 Å².